The van der Waals surface area contributed by atoms with Gasteiger partial charge in [0.05, 0.1) is 5.56 Å². The van der Waals surface area contributed by atoms with E-state index in [4.69, 9.17) is 14.6 Å². The molecule has 1 amide bonds. The number of carbonyl (C=O) groups excluding carboxylic acids is 1. The Morgan fingerprint density at radius 2 is 2.00 bits per heavy atom. The number of carboxylic acids is 1. The minimum atomic E-state index is -1.05. The predicted molar refractivity (Wildman–Crippen MR) is 92.4 cm³/mol. The Kier molecular flexibility index (Phi) is 4.35. The fraction of sp³-hybridized carbons (Fsp3) is 0.263. The molecule has 2 aromatic carbocycles. The third-order valence-corrected chi connectivity index (χ3v) is 3.81. The summed E-state index contributed by atoms with van der Waals surface area (Å²) in [6.07, 6.45) is 0.785. The lowest BCUT2D eigenvalue weighted by atomic mass is 10.0. The molecule has 0 spiro atoms. The smallest absolute Gasteiger partial charge is 0.335 e. The monoisotopic (exact) mass is 341 g/mol. The second kappa shape index (κ2) is 6.47. The summed E-state index contributed by atoms with van der Waals surface area (Å²) in [4.78, 5) is 23.0. The van der Waals surface area contributed by atoms with Crippen LogP contribution in [0.25, 0.3) is 0 Å². The molecule has 3 rings (SSSR count). The number of benzene rings is 2. The van der Waals surface area contributed by atoms with Crippen molar-refractivity contribution >= 4 is 17.6 Å². The molecule has 0 bridgehead atoms. The molecular formula is C19H19NO5. The van der Waals surface area contributed by atoms with Gasteiger partial charge >= 0.3 is 5.97 Å². The van der Waals surface area contributed by atoms with Gasteiger partial charge in [0.2, 0.25) is 0 Å². The van der Waals surface area contributed by atoms with E-state index in [1.807, 2.05) is 26.0 Å². The third kappa shape index (κ3) is 3.91. The molecular weight excluding hydrogens is 322 g/mol. The molecule has 6 heteroatoms. The Hall–Kier alpha value is -3.02. The van der Waals surface area contributed by atoms with E-state index in [1.54, 1.807) is 18.2 Å². The van der Waals surface area contributed by atoms with Crippen molar-refractivity contribution < 1.29 is 24.2 Å². The number of aromatic carboxylic acids is 1. The number of para-hydroxylation sites is 1. The molecule has 0 fully saturated rings. The van der Waals surface area contributed by atoms with Crippen molar-refractivity contribution in [2.75, 3.05) is 11.9 Å². The van der Waals surface area contributed by atoms with E-state index >= 15 is 0 Å². The summed E-state index contributed by atoms with van der Waals surface area (Å²) in [6.45, 7) is 3.80. The van der Waals surface area contributed by atoms with Crippen molar-refractivity contribution in [1.82, 2.24) is 0 Å². The first kappa shape index (κ1) is 16.8. The first-order chi connectivity index (χ1) is 11.8. The van der Waals surface area contributed by atoms with Gasteiger partial charge in [0.25, 0.3) is 5.91 Å². The van der Waals surface area contributed by atoms with Gasteiger partial charge in [-0.15, -0.1) is 0 Å². The Labute approximate surface area is 145 Å². The van der Waals surface area contributed by atoms with E-state index in [0.717, 1.165) is 12.0 Å². The summed E-state index contributed by atoms with van der Waals surface area (Å²) in [6, 6.07) is 11.7. The average molecular weight is 341 g/mol. The number of fused-ring (bicyclic) bond motifs is 1. The summed E-state index contributed by atoms with van der Waals surface area (Å²) < 4.78 is 11.5. The Bertz CT molecular complexity index is 828. The number of carbonyl (C=O) groups is 2. The fourth-order valence-electron chi connectivity index (χ4n) is 2.77. The SMILES string of the molecule is CC1(C)Cc2cccc(OCC(=O)Nc3cccc(C(=O)O)c3)c2O1. The summed E-state index contributed by atoms with van der Waals surface area (Å²) >= 11 is 0. The maximum Gasteiger partial charge on any atom is 0.335 e. The molecule has 2 aromatic rings. The van der Waals surface area contributed by atoms with Crippen LogP contribution in [0.1, 0.15) is 29.8 Å². The zero-order valence-corrected chi connectivity index (χ0v) is 14.0. The molecule has 130 valence electrons. The Morgan fingerprint density at radius 3 is 2.76 bits per heavy atom. The zero-order chi connectivity index (χ0) is 18.0. The van der Waals surface area contributed by atoms with Gasteiger partial charge in [-0.1, -0.05) is 18.2 Å². The van der Waals surface area contributed by atoms with Crippen LogP contribution in [0.3, 0.4) is 0 Å². The highest BCUT2D eigenvalue weighted by molar-refractivity contribution is 5.94. The number of hydrogen-bond donors (Lipinski definition) is 2. The molecule has 0 unspecified atom stereocenters. The van der Waals surface area contributed by atoms with Gasteiger partial charge in [-0.25, -0.2) is 4.79 Å². The largest absolute Gasteiger partial charge is 0.483 e. The van der Waals surface area contributed by atoms with Gasteiger partial charge in [0, 0.05) is 17.7 Å². The van der Waals surface area contributed by atoms with Crippen LogP contribution in [-0.2, 0) is 11.2 Å². The third-order valence-electron chi connectivity index (χ3n) is 3.81. The molecule has 1 heterocycles. The van der Waals surface area contributed by atoms with Crippen LogP contribution in [0, 0.1) is 0 Å². The molecule has 0 atom stereocenters. The quantitative estimate of drug-likeness (QED) is 0.873. The minimum absolute atomic E-state index is 0.107. The van der Waals surface area contributed by atoms with Crippen LogP contribution in [0.4, 0.5) is 5.69 Å². The average Bonchev–Trinajstić information content (AvgIpc) is 2.87. The molecule has 0 aliphatic carbocycles. The van der Waals surface area contributed by atoms with Crippen molar-refractivity contribution in [2.24, 2.45) is 0 Å². The number of rotatable bonds is 5. The van der Waals surface area contributed by atoms with Gasteiger partial charge in [-0.05, 0) is 38.1 Å². The first-order valence-corrected chi connectivity index (χ1v) is 7.91. The van der Waals surface area contributed by atoms with Crippen LogP contribution < -0.4 is 14.8 Å². The topological polar surface area (TPSA) is 84.9 Å². The summed E-state index contributed by atoms with van der Waals surface area (Å²) in [5.74, 6) is -0.227. The van der Waals surface area contributed by atoms with Crippen molar-refractivity contribution in [1.29, 1.82) is 0 Å². The lowest BCUT2D eigenvalue weighted by Gasteiger charge is -2.18. The normalized spacial score (nSPS) is 14.3. The number of anilines is 1. The van der Waals surface area contributed by atoms with E-state index in [0.29, 0.717) is 17.2 Å². The summed E-state index contributed by atoms with van der Waals surface area (Å²) in [5, 5.41) is 11.6. The van der Waals surface area contributed by atoms with E-state index in [9.17, 15) is 9.59 Å². The highest BCUT2D eigenvalue weighted by atomic mass is 16.5. The van der Waals surface area contributed by atoms with E-state index in [2.05, 4.69) is 5.32 Å². The summed E-state index contributed by atoms with van der Waals surface area (Å²) in [5.41, 5.74) is 1.28. The van der Waals surface area contributed by atoms with Gasteiger partial charge in [0.15, 0.2) is 18.1 Å². The molecule has 0 aromatic heterocycles. The zero-order valence-electron chi connectivity index (χ0n) is 14.0. The molecule has 2 N–H and O–H groups in total. The molecule has 25 heavy (non-hydrogen) atoms. The van der Waals surface area contributed by atoms with Gasteiger partial charge in [-0.3, -0.25) is 4.79 Å². The van der Waals surface area contributed by atoms with E-state index in [1.165, 1.54) is 12.1 Å². The maximum absolute atomic E-state index is 12.1. The fourth-order valence-corrected chi connectivity index (χ4v) is 2.77. The van der Waals surface area contributed by atoms with Crippen molar-refractivity contribution in [3.05, 3.63) is 53.6 Å². The highest BCUT2D eigenvalue weighted by Crippen LogP contribution is 2.41. The highest BCUT2D eigenvalue weighted by Gasteiger charge is 2.32. The first-order valence-electron chi connectivity index (χ1n) is 7.91. The maximum atomic E-state index is 12.1. The van der Waals surface area contributed by atoms with Gasteiger partial charge in [-0.2, -0.15) is 0 Å². The number of nitrogens with one attached hydrogen (secondary N) is 1. The van der Waals surface area contributed by atoms with Crippen molar-refractivity contribution in [3.8, 4) is 11.5 Å². The Balaban J connectivity index is 1.64. The lowest BCUT2D eigenvalue weighted by molar-refractivity contribution is -0.118. The van der Waals surface area contributed by atoms with Crippen LogP contribution in [-0.4, -0.2) is 29.2 Å². The standard InChI is InChI=1S/C19H19NO5/c1-19(2)10-13-6-4-8-15(17(13)25-19)24-11-16(21)20-14-7-3-5-12(9-14)18(22)23/h3-9H,10-11H2,1-2H3,(H,20,21)(H,22,23). The van der Waals surface area contributed by atoms with Crippen LogP contribution in [0.5, 0.6) is 11.5 Å². The molecule has 0 radical (unpaired) electrons. The van der Waals surface area contributed by atoms with Crippen LogP contribution in [0.15, 0.2) is 42.5 Å². The molecule has 1 aliphatic rings. The second-order valence-electron chi connectivity index (χ2n) is 6.51. The predicted octanol–water partition coefficient (Wildman–Crippen LogP) is 3.12. The molecule has 1 aliphatic heterocycles. The number of amides is 1. The van der Waals surface area contributed by atoms with Crippen molar-refractivity contribution in [2.45, 2.75) is 25.9 Å². The number of carboxylic acid groups (broad SMARTS) is 1. The lowest BCUT2D eigenvalue weighted by Crippen LogP contribution is -2.25. The van der Waals surface area contributed by atoms with Crippen molar-refractivity contribution in [3.63, 3.8) is 0 Å². The van der Waals surface area contributed by atoms with E-state index in [-0.39, 0.29) is 23.7 Å². The number of ether oxygens (including phenoxy) is 2. The van der Waals surface area contributed by atoms with Crippen LogP contribution >= 0.6 is 0 Å². The van der Waals surface area contributed by atoms with Gasteiger partial charge < -0.3 is 19.9 Å². The molecule has 0 saturated carbocycles. The minimum Gasteiger partial charge on any atom is -0.483 e. The van der Waals surface area contributed by atoms with E-state index < -0.39 is 5.97 Å². The molecule has 6 nitrogen and oxygen atoms in total. The van der Waals surface area contributed by atoms with Crippen LogP contribution in [0.2, 0.25) is 0 Å². The Morgan fingerprint density at radius 1 is 1.24 bits per heavy atom. The summed E-state index contributed by atoms with van der Waals surface area (Å²) in [7, 11) is 0. The number of hydrogen-bond acceptors (Lipinski definition) is 4. The van der Waals surface area contributed by atoms with Gasteiger partial charge in [0.1, 0.15) is 5.60 Å². The molecule has 0 saturated heterocycles. The second-order valence-corrected chi connectivity index (χ2v) is 6.51.